The third-order valence-corrected chi connectivity index (χ3v) is 7.09. The average molecular weight is 423 g/mol. The van der Waals surface area contributed by atoms with E-state index in [2.05, 4.69) is 22.2 Å². The Morgan fingerprint density at radius 1 is 1.27 bits per heavy atom. The molecule has 156 valence electrons. The molecule has 0 spiro atoms. The zero-order chi connectivity index (χ0) is 20.7. The van der Waals surface area contributed by atoms with E-state index < -0.39 is 0 Å². The molecule has 0 bridgehead atoms. The maximum absolute atomic E-state index is 12.5. The van der Waals surface area contributed by atoms with Crippen LogP contribution in [0.25, 0.3) is 0 Å². The standard InChI is InChI=1S/C23H26N4O2S/c1-14-24-12-18(30-14)8-6-16-11-22(26-27(2)23(16)28)29-13-17-10-19(17)21-9-7-15-4-3-5-20(15)25-21/h7,9,11-12,17,19H,3-6,8,10,13H2,1-2H3/t17-,19+/m1/s1. The maximum Gasteiger partial charge on any atom is 0.269 e. The Bertz CT molecular complexity index is 1140. The summed E-state index contributed by atoms with van der Waals surface area (Å²) in [6.07, 6.45) is 7.98. The Labute approximate surface area is 180 Å². The molecule has 3 aromatic rings. The molecule has 6 nitrogen and oxygen atoms in total. The van der Waals surface area contributed by atoms with Crippen molar-refractivity contribution in [3.63, 3.8) is 0 Å². The van der Waals surface area contributed by atoms with E-state index in [1.165, 1.54) is 39.4 Å². The van der Waals surface area contributed by atoms with Crippen LogP contribution in [0.4, 0.5) is 0 Å². The molecule has 0 aromatic carbocycles. The first-order valence-electron chi connectivity index (χ1n) is 10.7. The lowest BCUT2D eigenvalue weighted by atomic mass is 10.1. The summed E-state index contributed by atoms with van der Waals surface area (Å²) >= 11 is 1.68. The van der Waals surface area contributed by atoms with Gasteiger partial charge >= 0.3 is 0 Å². The number of aryl methyl sites for hydroxylation is 6. The minimum Gasteiger partial charge on any atom is -0.476 e. The summed E-state index contributed by atoms with van der Waals surface area (Å²) in [7, 11) is 1.68. The van der Waals surface area contributed by atoms with Gasteiger partial charge in [0, 0.05) is 53.0 Å². The van der Waals surface area contributed by atoms with Crippen LogP contribution in [0.2, 0.25) is 0 Å². The van der Waals surface area contributed by atoms with Gasteiger partial charge in [-0.2, -0.15) is 0 Å². The summed E-state index contributed by atoms with van der Waals surface area (Å²) in [6, 6.07) is 6.26. The second-order valence-electron chi connectivity index (χ2n) is 8.39. The Kier molecular flexibility index (Phi) is 5.15. The van der Waals surface area contributed by atoms with E-state index in [-0.39, 0.29) is 5.56 Å². The van der Waals surface area contributed by atoms with Gasteiger partial charge in [0.15, 0.2) is 0 Å². The molecule has 0 amide bonds. The van der Waals surface area contributed by atoms with Crippen LogP contribution in [0, 0.1) is 12.8 Å². The van der Waals surface area contributed by atoms with Crippen LogP contribution in [0.1, 0.15) is 51.2 Å². The van der Waals surface area contributed by atoms with E-state index in [0.29, 0.717) is 30.7 Å². The van der Waals surface area contributed by atoms with E-state index in [4.69, 9.17) is 9.72 Å². The lowest BCUT2D eigenvalue weighted by molar-refractivity contribution is 0.277. The van der Waals surface area contributed by atoms with Crippen LogP contribution in [-0.4, -0.2) is 26.4 Å². The van der Waals surface area contributed by atoms with Gasteiger partial charge in [-0.05, 0) is 57.1 Å². The molecule has 0 saturated heterocycles. The minimum absolute atomic E-state index is 0.0600. The van der Waals surface area contributed by atoms with Gasteiger partial charge < -0.3 is 4.74 Å². The average Bonchev–Trinajstić information content (AvgIpc) is 3.14. The molecule has 1 fully saturated rings. The third-order valence-electron chi connectivity index (χ3n) is 6.12. The first-order chi connectivity index (χ1) is 14.6. The molecule has 0 radical (unpaired) electrons. The first-order valence-corrected chi connectivity index (χ1v) is 11.5. The van der Waals surface area contributed by atoms with Crippen molar-refractivity contribution in [3.05, 3.63) is 67.1 Å². The molecule has 0 unspecified atom stereocenters. The third kappa shape index (κ3) is 4.03. The predicted octanol–water partition coefficient (Wildman–Crippen LogP) is 3.40. The van der Waals surface area contributed by atoms with Gasteiger partial charge in [0.05, 0.1) is 11.6 Å². The summed E-state index contributed by atoms with van der Waals surface area (Å²) in [5, 5.41) is 5.34. The maximum atomic E-state index is 12.5. The minimum atomic E-state index is -0.0600. The van der Waals surface area contributed by atoms with Crippen LogP contribution < -0.4 is 10.3 Å². The molecule has 0 aliphatic heterocycles. The van der Waals surface area contributed by atoms with Gasteiger partial charge in [0.1, 0.15) is 0 Å². The fraction of sp³-hybridized carbons (Fsp3) is 0.478. The van der Waals surface area contributed by atoms with Crippen molar-refractivity contribution in [1.29, 1.82) is 0 Å². The Hall–Kier alpha value is -2.54. The van der Waals surface area contributed by atoms with Crippen molar-refractivity contribution in [2.45, 2.75) is 51.4 Å². The number of fused-ring (bicyclic) bond motifs is 1. The van der Waals surface area contributed by atoms with E-state index in [1.54, 1.807) is 24.5 Å². The first kappa shape index (κ1) is 19.4. The van der Waals surface area contributed by atoms with Gasteiger partial charge in [-0.25, -0.2) is 9.67 Å². The predicted molar refractivity (Wildman–Crippen MR) is 116 cm³/mol. The summed E-state index contributed by atoms with van der Waals surface area (Å²) < 4.78 is 7.38. The summed E-state index contributed by atoms with van der Waals surface area (Å²) in [5.41, 5.74) is 4.59. The highest BCUT2D eigenvalue weighted by Gasteiger charge is 2.40. The fourth-order valence-corrected chi connectivity index (χ4v) is 5.09. The van der Waals surface area contributed by atoms with Crippen molar-refractivity contribution in [3.8, 4) is 5.88 Å². The summed E-state index contributed by atoms with van der Waals surface area (Å²) in [6.45, 7) is 2.61. The monoisotopic (exact) mass is 422 g/mol. The molecule has 2 aliphatic carbocycles. The number of hydrogen-bond donors (Lipinski definition) is 0. The van der Waals surface area contributed by atoms with Crippen molar-refractivity contribution < 1.29 is 4.74 Å². The number of pyridine rings is 1. The molecule has 30 heavy (non-hydrogen) atoms. The van der Waals surface area contributed by atoms with E-state index >= 15 is 0 Å². The molecule has 3 heterocycles. The van der Waals surface area contributed by atoms with Crippen LogP contribution >= 0.6 is 11.3 Å². The molecule has 2 aliphatic rings. The highest BCUT2D eigenvalue weighted by Crippen LogP contribution is 2.47. The zero-order valence-electron chi connectivity index (χ0n) is 17.4. The number of ether oxygens (including phenoxy) is 1. The molecule has 7 heteroatoms. The lowest BCUT2D eigenvalue weighted by Gasteiger charge is -2.09. The number of nitrogens with zero attached hydrogens (tertiary/aromatic N) is 4. The van der Waals surface area contributed by atoms with E-state index in [9.17, 15) is 4.79 Å². The van der Waals surface area contributed by atoms with Gasteiger partial charge in [0.2, 0.25) is 5.88 Å². The number of thiazole rings is 1. The Morgan fingerprint density at radius 3 is 3.00 bits per heavy atom. The highest BCUT2D eigenvalue weighted by atomic mass is 32.1. The largest absolute Gasteiger partial charge is 0.476 e. The highest BCUT2D eigenvalue weighted by molar-refractivity contribution is 7.11. The normalized spacial score (nSPS) is 19.7. The van der Waals surface area contributed by atoms with Crippen LogP contribution in [0.15, 0.2) is 29.2 Å². The van der Waals surface area contributed by atoms with Crippen molar-refractivity contribution in [1.82, 2.24) is 19.7 Å². The Morgan fingerprint density at radius 2 is 2.17 bits per heavy atom. The second-order valence-corrected chi connectivity index (χ2v) is 9.71. The van der Waals surface area contributed by atoms with Gasteiger partial charge in [0.25, 0.3) is 5.56 Å². The van der Waals surface area contributed by atoms with Gasteiger partial charge in [-0.3, -0.25) is 9.78 Å². The molecule has 1 saturated carbocycles. The number of rotatable bonds is 7. The van der Waals surface area contributed by atoms with Crippen LogP contribution in [0.3, 0.4) is 0 Å². The smallest absolute Gasteiger partial charge is 0.269 e. The molecular formula is C23H26N4O2S. The van der Waals surface area contributed by atoms with Crippen LogP contribution in [0.5, 0.6) is 5.88 Å². The molecule has 3 aromatic heterocycles. The van der Waals surface area contributed by atoms with Crippen molar-refractivity contribution >= 4 is 11.3 Å². The molecule has 2 atom stereocenters. The second kappa shape index (κ2) is 7.95. The topological polar surface area (TPSA) is 69.9 Å². The van der Waals surface area contributed by atoms with Crippen LogP contribution in [-0.2, 0) is 32.7 Å². The number of aromatic nitrogens is 4. The van der Waals surface area contributed by atoms with Crippen molar-refractivity contribution in [2.24, 2.45) is 13.0 Å². The van der Waals surface area contributed by atoms with E-state index in [1.807, 2.05) is 13.1 Å². The zero-order valence-corrected chi connectivity index (χ0v) is 18.2. The SMILES string of the molecule is Cc1ncc(CCc2cc(OC[C@H]3C[C@@H]3c3ccc4c(n3)CCC4)nn(C)c2=O)s1. The van der Waals surface area contributed by atoms with E-state index in [0.717, 1.165) is 29.8 Å². The summed E-state index contributed by atoms with van der Waals surface area (Å²) in [4.78, 5) is 22.8. The summed E-state index contributed by atoms with van der Waals surface area (Å²) in [5.74, 6) is 1.48. The number of hydrogen-bond acceptors (Lipinski definition) is 6. The molecular weight excluding hydrogens is 396 g/mol. The van der Waals surface area contributed by atoms with Gasteiger partial charge in [-0.1, -0.05) is 6.07 Å². The fourth-order valence-electron chi connectivity index (χ4n) is 4.30. The van der Waals surface area contributed by atoms with Crippen molar-refractivity contribution in [2.75, 3.05) is 6.61 Å². The molecule has 5 rings (SSSR count). The quantitative estimate of drug-likeness (QED) is 0.584. The van der Waals surface area contributed by atoms with Gasteiger partial charge in [-0.15, -0.1) is 16.4 Å². The molecule has 0 N–H and O–H groups in total. The lowest BCUT2D eigenvalue weighted by Crippen LogP contribution is -2.24. The Balaban J connectivity index is 1.21.